The Kier molecular flexibility index (Phi) is 4.62. The van der Waals surface area contributed by atoms with E-state index < -0.39 is 9.84 Å². The van der Waals surface area contributed by atoms with Gasteiger partial charge in [0.1, 0.15) is 6.10 Å². The molecule has 0 saturated carbocycles. The normalized spacial score (nSPS) is 21.3. The van der Waals surface area contributed by atoms with Crippen molar-refractivity contribution >= 4 is 27.1 Å². The number of ether oxygens (including phenoxy) is 1. The van der Waals surface area contributed by atoms with E-state index in [4.69, 9.17) is 16.3 Å². The highest BCUT2D eigenvalue weighted by molar-refractivity contribution is 7.90. The summed E-state index contributed by atoms with van der Waals surface area (Å²) in [6.45, 7) is 0.687. The zero-order valence-corrected chi connectivity index (χ0v) is 14.3. The fraction of sp³-hybridized carbons (Fsp3) is 0.294. The highest BCUT2D eigenvalue weighted by Gasteiger charge is 2.29. The third kappa shape index (κ3) is 3.86. The van der Waals surface area contributed by atoms with Gasteiger partial charge in [0.15, 0.2) is 9.84 Å². The Morgan fingerprint density at radius 3 is 2.35 bits per heavy atom. The van der Waals surface area contributed by atoms with Crippen LogP contribution in [0.1, 0.15) is 18.1 Å². The molecule has 122 valence electrons. The van der Waals surface area contributed by atoms with Gasteiger partial charge in [-0.2, -0.15) is 0 Å². The second-order valence-corrected chi connectivity index (χ2v) is 8.13. The lowest BCUT2D eigenvalue weighted by atomic mass is 10.0. The standard InChI is InChI=1S/C17H18ClNO3S/c1-23(20,21)15-8-6-14(7-9-15)19-16-10-11-22-17(16)12-2-4-13(18)5-3-12/h2-9,16-17,19H,10-11H2,1H3. The van der Waals surface area contributed by atoms with Crippen LogP contribution < -0.4 is 5.32 Å². The number of hydrogen-bond donors (Lipinski definition) is 1. The summed E-state index contributed by atoms with van der Waals surface area (Å²) in [6, 6.07) is 14.6. The van der Waals surface area contributed by atoms with Crippen molar-refractivity contribution in [3.8, 4) is 0 Å². The van der Waals surface area contributed by atoms with Crippen LogP contribution in [0.15, 0.2) is 53.4 Å². The maximum Gasteiger partial charge on any atom is 0.175 e. The van der Waals surface area contributed by atoms with E-state index in [9.17, 15) is 8.42 Å². The average Bonchev–Trinajstić information content (AvgIpc) is 2.96. The maximum atomic E-state index is 11.5. The number of hydrogen-bond acceptors (Lipinski definition) is 4. The summed E-state index contributed by atoms with van der Waals surface area (Å²) in [5, 5.41) is 4.13. The van der Waals surface area contributed by atoms with E-state index in [1.165, 1.54) is 6.26 Å². The van der Waals surface area contributed by atoms with Crippen LogP contribution in [0.5, 0.6) is 0 Å². The summed E-state index contributed by atoms with van der Waals surface area (Å²) in [7, 11) is -3.17. The fourth-order valence-corrected chi connectivity index (χ4v) is 3.49. The van der Waals surface area contributed by atoms with Crippen molar-refractivity contribution < 1.29 is 13.2 Å². The topological polar surface area (TPSA) is 55.4 Å². The van der Waals surface area contributed by atoms with Gasteiger partial charge in [-0.05, 0) is 48.4 Å². The molecule has 0 spiro atoms. The van der Waals surface area contributed by atoms with Crippen LogP contribution in [0.25, 0.3) is 0 Å². The van der Waals surface area contributed by atoms with Crippen LogP contribution in [0.4, 0.5) is 5.69 Å². The van der Waals surface area contributed by atoms with Crippen LogP contribution >= 0.6 is 11.6 Å². The SMILES string of the molecule is CS(=O)(=O)c1ccc(NC2CCOC2c2ccc(Cl)cc2)cc1. The van der Waals surface area contributed by atoms with Crippen LogP contribution in [-0.4, -0.2) is 27.3 Å². The summed E-state index contributed by atoms with van der Waals surface area (Å²) in [5.41, 5.74) is 1.96. The zero-order chi connectivity index (χ0) is 16.4. The van der Waals surface area contributed by atoms with Gasteiger partial charge in [-0.1, -0.05) is 23.7 Å². The summed E-state index contributed by atoms with van der Waals surface area (Å²) in [5.74, 6) is 0. The van der Waals surface area contributed by atoms with Crippen LogP contribution in [0.2, 0.25) is 5.02 Å². The van der Waals surface area contributed by atoms with Crippen molar-refractivity contribution in [1.29, 1.82) is 0 Å². The molecule has 0 radical (unpaired) electrons. The van der Waals surface area contributed by atoms with Crippen LogP contribution in [0.3, 0.4) is 0 Å². The molecule has 2 aromatic rings. The minimum absolute atomic E-state index is 0.0400. The minimum atomic E-state index is -3.17. The third-order valence-corrected chi connectivity index (χ3v) is 5.31. The molecule has 0 aromatic heterocycles. The fourth-order valence-electron chi connectivity index (χ4n) is 2.73. The second kappa shape index (κ2) is 6.51. The molecule has 1 aliphatic rings. The molecular weight excluding hydrogens is 334 g/mol. The Labute approximate surface area is 141 Å². The van der Waals surface area contributed by atoms with Crippen LogP contribution in [0, 0.1) is 0 Å². The van der Waals surface area contributed by atoms with Gasteiger partial charge in [-0.25, -0.2) is 8.42 Å². The van der Waals surface area contributed by atoms with Crippen molar-refractivity contribution in [2.45, 2.75) is 23.5 Å². The van der Waals surface area contributed by atoms with E-state index in [1.807, 2.05) is 24.3 Å². The number of halogens is 1. The molecule has 1 N–H and O–H groups in total. The molecule has 2 aromatic carbocycles. The molecule has 0 amide bonds. The first-order chi connectivity index (χ1) is 10.9. The molecule has 2 unspecified atom stereocenters. The van der Waals surface area contributed by atoms with Crippen molar-refractivity contribution in [2.24, 2.45) is 0 Å². The number of sulfone groups is 1. The average molecular weight is 352 g/mol. The summed E-state index contributed by atoms with van der Waals surface area (Å²) >= 11 is 5.93. The molecule has 0 aliphatic carbocycles. The monoisotopic (exact) mass is 351 g/mol. The van der Waals surface area contributed by atoms with E-state index in [0.29, 0.717) is 16.5 Å². The van der Waals surface area contributed by atoms with Gasteiger partial charge >= 0.3 is 0 Å². The smallest absolute Gasteiger partial charge is 0.175 e. The predicted molar refractivity (Wildman–Crippen MR) is 91.7 cm³/mol. The van der Waals surface area contributed by atoms with Gasteiger partial charge in [0.05, 0.1) is 10.9 Å². The Morgan fingerprint density at radius 1 is 1.09 bits per heavy atom. The highest BCUT2D eigenvalue weighted by atomic mass is 35.5. The van der Waals surface area contributed by atoms with Crippen molar-refractivity contribution in [3.05, 3.63) is 59.1 Å². The number of nitrogens with one attached hydrogen (secondary N) is 1. The van der Waals surface area contributed by atoms with Gasteiger partial charge in [0.2, 0.25) is 0 Å². The van der Waals surface area contributed by atoms with Gasteiger partial charge in [0, 0.05) is 23.6 Å². The van der Waals surface area contributed by atoms with E-state index in [0.717, 1.165) is 17.7 Å². The van der Waals surface area contributed by atoms with Gasteiger partial charge < -0.3 is 10.1 Å². The Hall–Kier alpha value is -1.56. The van der Waals surface area contributed by atoms with E-state index in [-0.39, 0.29) is 12.1 Å². The lowest BCUT2D eigenvalue weighted by Crippen LogP contribution is -2.23. The maximum absolute atomic E-state index is 11.5. The van der Waals surface area contributed by atoms with E-state index in [1.54, 1.807) is 24.3 Å². The first kappa shape index (κ1) is 16.3. The summed E-state index contributed by atoms with van der Waals surface area (Å²) in [4.78, 5) is 0.319. The minimum Gasteiger partial charge on any atom is -0.379 e. The van der Waals surface area contributed by atoms with E-state index >= 15 is 0 Å². The predicted octanol–water partition coefficient (Wildman–Crippen LogP) is 3.69. The molecule has 1 aliphatic heterocycles. The molecule has 4 nitrogen and oxygen atoms in total. The van der Waals surface area contributed by atoms with Crippen molar-refractivity contribution in [2.75, 3.05) is 18.2 Å². The summed E-state index contributed by atoms with van der Waals surface area (Å²) < 4.78 is 28.8. The third-order valence-electron chi connectivity index (χ3n) is 3.92. The molecule has 6 heteroatoms. The van der Waals surface area contributed by atoms with Crippen molar-refractivity contribution in [3.63, 3.8) is 0 Å². The second-order valence-electron chi connectivity index (χ2n) is 5.68. The largest absolute Gasteiger partial charge is 0.379 e. The Bertz CT molecular complexity index is 772. The number of anilines is 1. The molecule has 3 rings (SSSR count). The van der Waals surface area contributed by atoms with Gasteiger partial charge in [0.25, 0.3) is 0 Å². The highest BCUT2D eigenvalue weighted by Crippen LogP contribution is 2.32. The number of rotatable bonds is 4. The first-order valence-electron chi connectivity index (χ1n) is 7.37. The van der Waals surface area contributed by atoms with Crippen molar-refractivity contribution in [1.82, 2.24) is 0 Å². The van der Waals surface area contributed by atoms with E-state index in [2.05, 4.69) is 5.32 Å². The lowest BCUT2D eigenvalue weighted by molar-refractivity contribution is 0.107. The zero-order valence-electron chi connectivity index (χ0n) is 12.7. The first-order valence-corrected chi connectivity index (χ1v) is 9.64. The molecule has 1 fully saturated rings. The Morgan fingerprint density at radius 2 is 1.74 bits per heavy atom. The molecule has 23 heavy (non-hydrogen) atoms. The molecule has 0 bridgehead atoms. The molecule has 1 heterocycles. The number of benzene rings is 2. The molecular formula is C17H18ClNO3S. The molecule has 1 saturated heterocycles. The summed E-state index contributed by atoms with van der Waals surface area (Å²) in [6.07, 6.45) is 2.06. The molecule has 2 atom stereocenters. The van der Waals surface area contributed by atoms with Crippen LogP contribution in [-0.2, 0) is 14.6 Å². The lowest BCUT2D eigenvalue weighted by Gasteiger charge is -2.21. The quantitative estimate of drug-likeness (QED) is 0.912. The van der Waals surface area contributed by atoms with Gasteiger partial charge in [-0.15, -0.1) is 0 Å². The van der Waals surface area contributed by atoms with Gasteiger partial charge in [-0.3, -0.25) is 0 Å². The Balaban J connectivity index is 1.75.